The van der Waals surface area contributed by atoms with Crippen molar-refractivity contribution in [1.82, 2.24) is 4.90 Å². The van der Waals surface area contributed by atoms with Crippen molar-refractivity contribution in [2.75, 3.05) is 13.1 Å². The van der Waals surface area contributed by atoms with E-state index < -0.39 is 0 Å². The average molecular weight is 366 g/mol. The molecule has 1 heterocycles. The first-order valence-corrected chi connectivity index (χ1v) is 4.96. The van der Waals surface area contributed by atoms with Crippen LogP contribution in [0, 0.1) is 7.43 Å². The van der Waals surface area contributed by atoms with Gasteiger partial charge in [-0.05, 0) is 46.7 Å². The Morgan fingerprint density at radius 2 is 1.57 bits per heavy atom. The van der Waals surface area contributed by atoms with Crippen molar-refractivity contribution in [2.45, 2.75) is 45.6 Å². The molecule has 0 saturated carbocycles. The molecule has 0 N–H and O–H groups in total. The summed E-state index contributed by atoms with van der Waals surface area (Å²) >= 11 is 0. The Morgan fingerprint density at radius 3 is 1.93 bits per heavy atom. The Bertz CT molecular complexity index is 169. The zero-order chi connectivity index (χ0) is 9.19. The van der Waals surface area contributed by atoms with E-state index in [1.807, 2.05) is 0 Å². The molecule has 0 radical (unpaired) electrons. The molecule has 0 aromatic carbocycles. The molecule has 0 aromatic heterocycles. The van der Waals surface area contributed by atoms with Gasteiger partial charge in [-0.15, -0.1) is 0 Å². The van der Waals surface area contributed by atoms with Crippen molar-refractivity contribution >= 4 is 0 Å². The minimum Gasteiger partial charge on any atom is -0.358 e. The van der Waals surface area contributed by atoms with Gasteiger partial charge in [-0.2, -0.15) is 0 Å². The van der Waals surface area contributed by atoms with Gasteiger partial charge in [-0.25, -0.2) is 0 Å². The molecule has 0 aromatic rings. The zero-order valence-electron chi connectivity index (χ0n) is 10.1. The van der Waals surface area contributed by atoms with Crippen LogP contribution >= 0.6 is 0 Å². The van der Waals surface area contributed by atoms with Crippen LogP contribution in [-0.2, 0) is 21.1 Å². The summed E-state index contributed by atoms with van der Waals surface area (Å²) in [5.74, 6) is 0. The van der Waals surface area contributed by atoms with E-state index in [1.54, 1.807) is 0 Å². The summed E-state index contributed by atoms with van der Waals surface area (Å²) < 4.78 is 0. The van der Waals surface area contributed by atoms with Crippen LogP contribution in [0.4, 0.5) is 0 Å². The molecule has 1 fully saturated rings. The molecule has 1 nitrogen and oxygen atoms in total. The SMILES string of the molecule is C=C(C)C(C)(C)N1CCCCC1.[CH3-].[W]. The molecule has 14 heavy (non-hydrogen) atoms. The summed E-state index contributed by atoms with van der Waals surface area (Å²) in [7, 11) is 0. The first-order chi connectivity index (χ1) is 5.55. The van der Waals surface area contributed by atoms with Gasteiger partial charge in [0.25, 0.3) is 0 Å². The van der Waals surface area contributed by atoms with Gasteiger partial charge < -0.3 is 7.43 Å². The molecule has 0 bridgehead atoms. The van der Waals surface area contributed by atoms with Crippen LogP contribution in [0.15, 0.2) is 12.2 Å². The second-order valence-corrected chi connectivity index (χ2v) is 4.39. The number of piperidine rings is 1. The summed E-state index contributed by atoms with van der Waals surface area (Å²) in [5, 5.41) is 0. The van der Waals surface area contributed by atoms with Gasteiger partial charge in [0.1, 0.15) is 0 Å². The predicted octanol–water partition coefficient (Wildman–Crippen LogP) is 3.27. The number of nitrogens with zero attached hydrogens (tertiary/aromatic N) is 1. The summed E-state index contributed by atoms with van der Waals surface area (Å²) in [6, 6.07) is 0. The average Bonchev–Trinajstić information content (AvgIpc) is 2.06. The van der Waals surface area contributed by atoms with Crippen LogP contribution in [-0.4, -0.2) is 23.5 Å². The Morgan fingerprint density at radius 1 is 1.14 bits per heavy atom. The van der Waals surface area contributed by atoms with E-state index in [0.29, 0.717) is 0 Å². The monoisotopic (exact) mass is 366 g/mol. The summed E-state index contributed by atoms with van der Waals surface area (Å²) in [6.45, 7) is 13.3. The fourth-order valence-electron chi connectivity index (χ4n) is 1.72. The first kappa shape index (κ1) is 16.8. The van der Waals surface area contributed by atoms with Gasteiger partial charge in [0.2, 0.25) is 0 Å². The van der Waals surface area contributed by atoms with E-state index in [1.165, 1.54) is 37.9 Å². The second-order valence-electron chi connectivity index (χ2n) is 4.39. The van der Waals surface area contributed by atoms with Crippen LogP contribution in [0.25, 0.3) is 0 Å². The van der Waals surface area contributed by atoms with Crippen molar-refractivity contribution in [3.05, 3.63) is 19.6 Å². The van der Waals surface area contributed by atoms with E-state index in [0.717, 1.165) is 0 Å². The molecule has 2 heteroatoms. The van der Waals surface area contributed by atoms with Crippen LogP contribution < -0.4 is 0 Å². The molecular weight excluding hydrogens is 342 g/mol. The number of hydrogen-bond donors (Lipinski definition) is 0. The maximum Gasteiger partial charge on any atom is 0.0358 e. The van der Waals surface area contributed by atoms with E-state index in [9.17, 15) is 0 Å². The fraction of sp³-hybridized carbons (Fsp3) is 0.750. The smallest absolute Gasteiger partial charge is 0.0358 e. The van der Waals surface area contributed by atoms with Crippen molar-refractivity contribution in [1.29, 1.82) is 0 Å². The van der Waals surface area contributed by atoms with Crippen molar-refractivity contribution in [3.63, 3.8) is 0 Å². The second kappa shape index (κ2) is 6.80. The third kappa shape index (κ3) is 3.87. The van der Waals surface area contributed by atoms with Crippen molar-refractivity contribution < 1.29 is 21.1 Å². The normalized spacial score (nSPS) is 17.9. The molecule has 0 atom stereocenters. The van der Waals surface area contributed by atoms with E-state index in [2.05, 4.69) is 32.3 Å². The van der Waals surface area contributed by atoms with Gasteiger partial charge in [-0.3, -0.25) is 4.90 Å². The Kier molecular flexibility index (Phi) is 8.16. The van der Waals surface area contributed by atoms with Gasteiger partial charge in [-0.1, -0.05) is 18.6 Å². The Balaban J connectivity index is 0. The zero-order valence-corrected chi connectivity index (χ0v) is 13.0. The summed E-state index contributed by atoms with van der Waals surface area (Å²) in [6.07, 6.45) is 4.12. The number of likely N-dealkylation sites (tertiary alicyclic amines) is 1. The first-order valence-electron chi connectivity index (χ1n) is 4.96. The largest absolute Gasteiger partial charge is 0.358 e. The van der Waals surface area contributed by atoms with Gasteiger partial charge in [0.05, 0.1) is 0 Å². The molecule has 1 aliphatic heterocycles. The van der Waals surface area contributed by atoms with Gasteiger partial charge in [0.15, 0.2) is 0 Å². The maximum atomic E-state index is 4.06. The third-order valence-corrected chi connectivity index (χ3v) is 3.19. The molecule has 0 unspecified atom stereocenters. The van der Waals surface area contributed by atoms with Crippen molar-refractivity contribution in [3.8, 4) is 0 Å². The molecule has 0 spiro atoms. The predicted molar refractivity (Wildman–Crippen MR) is 60.7 cm³/mol. The van der Waals surface area contributed by atoms with Crippen LogP contribution in [0.2, 0.25) is 0 Å². The Labute approximate surface area is 104 Å². The maximum absolute atomic E-state index is 4.06. The number of hydrogen-bond acceptors (Lipinski definition) is 1. The third-order valence-electron chi connectivity index (χ3n) is 3.19. The molecule has 0 amide bonds. The quantitative estimate of drug-likeness (QED) is 0.536. The van der Waals surface area contributed by atoms with Crippen LogP contribution in [0.5, 0.6) is 0 Å². The minimum absolute atomic E-state index is 0. The molecule has 0 aliphatic carbocycles. The molecule has 1 saturated heterocycles. The topological polar surface area (TPSA) is 3.24 Å². The molecule has 1 rings (SSSR count). The van der Waals surface area contributed by atoms with E-state index >= 15 is 0 Å². The standard InChI is InChI=1S/C11H21N.CH3.W/c1-10(2)11(3,4)12-8-6-5-7-9-12;;/h1,5-9H2,2-4H3;1H3;/q;-1;. The van der Waals surface area contributed by atoms with E-state index in [-0.39, 0.29) is 34.0 Å². The van der Waals surface area contributed by atoms with Gasteiger partial charge >= 0.3 is 0 Å². The number of rotatable bonds is 2. The summed E-state index contributed by atoms with van der Waals surface area (Å²) in [5.41, 5.74) is 1.49. The fourth-order valence-corrected chi connectivity index (χ4v) is 1.72. The molecule has 1 aliphatic rings. The molecule has 84 valence electrons. The summed E-state index contributed by atoms with van der Waals surface area (Å²) in [4.78, 5) is 2.55. The van der Waals surface area contributed by atoms with Crippen molar-refractivity contribution in [2.24, 2.45) is 0 Å². The van der Waals surface area contributed by atoms with Crippen LogP contribution in [0.3, 0.4) is 0 Å². The van der Waals surface area contributed by atoms with Crippen LogP contribution in [0.1, 0.15) is 40.0 Å². The minimum atomic E-state index is 0. The van der Waals surface area contributed by atoms with Gasteiger partial charge in [0, 0.05) is 26.6 Å². The van der Waals surface area contributed by atoms with E-state index in [4.69, 9.17) is 0 Å². The molecular formula is C12H24NW-. The Hall–Kier alpha value is 0.388.